The Morgan fingerprint density at radius 1 is 0.931 bits per heavy atom. The van der Waals surface area contributed by atoms with Gasteiger partial charge >= 0.3 is 5.97 Å². The van der Waals surface area contributed by atoms with E-state index in [1.165, 1.54) is 23.4 Å². The highest BCUT2D eigenvalue weighted by Gasteiger charge is 2.17. The Morgan fingerprint density at radius 2 is 1.69 bits per heavy atom. The lowest BCUT2D eigenvalue weighted by Gasteiger charge is -2.10. The van der Waals surface area contributed by atoms with Crippen LogP contribution in [-0.4, -0.2) is 22.6 Å². The highest BCUT2D eigenvalue weighted by Crippen LogP contribution is 2.32. The summed E-state index contributed by atoms with van der Waals surface area (Å²) in [6.45, 7) is 2.65. The minimum atomic E-state index is -0.419. The summed E-state index contributed by atoms with van der Waals surface area (Å²) >= 11 is 0. The molecule has 142 valence electrons. The number of hydrogen-bond acceptors (Lipinski definition) is 3. The predicted molar refractivity (Wildman–Crippen MR) is 116 cm³/mol. The molecule has 0 saturated heterocycles. The van der Waals surface area contributed by atoms with E-state index in [4.69, 9.17) is 4.74 Å². The van der Waals surface area contributed by atoms with Gasteiger partial charge in [0.2, 0.25) is 0 Å². The number of rotatable bonds is 3. The molecular weight excluding hydrogens is 360 g/mol. The maximum Gasteiger partial charge on any atom is 0.356 e. The molecule has 0 aliphatic carbocycles. The van der Waals surface area contributed by atoms with E-state index >= 15 is 0 Å². The first kappa shape index (κ1) is 17.4. The second kappa shape index (κ2) is 6.74. The number of carbonyl (C=O) groups excluding carboxylic acids is 1. The Kier molecular flexibility index (Phi) is 4.06. The average Bonchev–Trinajstić information content (AvgIpc) is 3.07. The quantitative estimate of drug-likeness (QED) is 0.389. The molecule has 2 heterocycles. The van der Waals surface area contributed by atoms with Gasteiger partial charge in [0.15, 0.2) is 5.69 Å². The van der Waals surface area contributed by atoms with Crippen LogP contribution in [0.1, 0.15) is 21.7 Å². The van der Waals surface area contributed by atoms with Crippen LogP contribution in [0.5, 0.6) is 0 Å². The van der Waals surface area contributed by atoms with E-state index in [1.807, 2.05) is 25.1 Å². The topological polar surface area (TPSA) is 44.1 Å². The molecule has 0 atom stereocenters. The summed E-state index contributed by atoms with van der Waals surface area (Å²) in [5.74, 6) is -0.419. The van der Waals surface area contributed by atoms with Gasteiger partial charge in [0, 0.05) is 28.5 Å². The fourth-order valence-electron chi connectivity index (χ4n) is 4.15. The van der Waals surface area contributed by atoms with E-state index in [2.05, 4.69) is 64.1 Å². The van der Waals surface area contributed by atoms with Crippen molar-refractivity contribution >= 4 is 38.5 Å². The zero-order valence-electron chi connectivity index (χ0n) is 16.3. The van der Waals surface area contributed by atoms with Crippen LogP contribution in [-0.2, 0) is 11.3 Å². The van der Waals surface area contributed by atoms with E-state index in [0.29, 0.717) is 12.2 Å². The van der Waals surface area contributed by atoms with Crippen molar-refractivity contribution in [1.29, 1.82) is 0 Å². The zero-order chi connectivity index (χ0) is 20.0. The third kappa shape index (κ3) is 2.85. The van der Waals surface area contributed by atoms with Crippen LogP contribution in [0, 0.1) is 6.92 Å². The fraction of sp³-hybridized carbons (Fsp3) is 0.120. The number of ether oxygens (including phenoxy) is 1. The van der Waals surface area contributed by atoms with E-state index < -0.39 is 5.97 Å². The third-order valence-electron chi connectivity index (χ3n) is 5.48. The first-order valence-electron chi connectivity index (χ1n) is 9.60. The molecule has 4 nitrogen and oxygen atoms in total. The Hall–Kier alpha value is -3.66. The van der Waals surface area contributed by atoms with Crippen molar-refractivity contribution in [2.75, 3.05) is 7.11 Å². The van der Waals surface area contributed by atoms with Crippen molar-refractivity contribution in [2.45, 2.75) is 13.5 Å². The summed E-state index contributed by atoms with van der Waals surface area (Å²) in [5.41, 5.74) is 4.49. The Morgan fingerprint density at radius 3 is 2.52 bits per heavy atom. The molecule has 3 aromatic carbocycles. The predicted octanol–water partition coefficient (Wildman–Crippen LogP) is 5.49. The number of aryl methyl sites for hydroxylation is 1. The average molecular weight is 380 g/mol. The molecule has 0 saturated carbocycles. The highest BCUT2D eigenvalue weighted by molar-refractivity contribution is 6.10. The van der Waals surface area contributed by atoms with Crippen molar-refractivity contribution in [3.63, 3.8) is 0 Å². The van der Waals surface area contributed by atoms with Crippen molar-refractivity contribution in [2.24, 2.45) is 0 Å². The van der Waals surface area contributed by atoms with Gasteiger partial charge in [0.1, 0.15) is 0 Å². The molecule has 29 heavy (non-hydrogen) atoms. The molecule has 2 aromatic heterocycles. The van der Waals surface area contributed by atoms with Crippen LogP contribution in [0.25, 0.3) is 32.6 Å². The molecule has 0 radical (unpaired) electrons. The molecule has 0 N–H and O–H groups in total. The number of carbonyl (C=O) groups is 1. The summed E-state index contributed by atoms with van der Waals surface area (Å²) in [6.07, 6.45) is 0. The first-order chi connectivity index (χ1) is 14.2. The minimum absolute atomic E-state index is 0.333. The SMILES string of the molecule is COC(=O)c1cc2c(c(C)n1)c1ccccc1n2Cc1ccc2ccccc2c1. The monoisotopic (exact) mass is 380 g/mol. The summed E-state index contributed by atoms with van der Waals surface area (Å²) in [5, 5.41) is 4.67. The van der Waals surface area contributed by atoms with Crippen LogP contribution < -0.4 is 0 Å². The van der Waals surface area contributed by atoms with Gasteiger partial charge in [0.05, 0.1) is 12.6 Å². The molecule has 5 rings (SSSR count). The number of nitrogens with zero attached hydrogens (tertiary/aromatic N) is 2. The van der Waals surface area contributed by atoms with Crippen LogP contribution in [0.2, 0.25) is 0 Å². The molecule has 0 aliphatic rings. The summed E-state index contributed by atoms with van der Waals surface area (Å²) in [6, 6.07) is 25.1. The lowest BCUT2D eigenvalue weighted by Crippen LogP contribution is -2.06. The fourth-order valence-corrected chi connectivity index (χ4v) is 4.15. The lowest BCUT2D eigenvalue weighted by molar-refractivity contribution is 0.0594. The Bertz CT molecular complexity index is 1400. The molecule has 4 heteroatoms. The number of aromatic nitrogens is 2. The lowest BCUT2D eigenvalue weighted by atomic mass is 10.1. The molecule has 0 bridgehead atoms. The van der Waals surface area contributed by atoms with Gasteiger partial charge in [-0.25, -0.2) is 9.78 Å². The van der Waals surface area contributed by atoms with Crippen LogP contribution in [0.15, 0.2) is 72.8 Å². The van der Waals surface area contributed by atoms with Crippen LogP contribution in [0.4, 0.5) is 0 Å². The number of methoxy groups -OCH3 is 1. The molecule has 5 aromatic rings. The van der Waals surface area contributed by atoms with Gasteiger partial charge < -0.3 is 9.30 Å². The van der Waals surface area contributed by atoms with Crippen LogP contribution >= 0.6 is 0 Å². The summed E-state index contributed by atoms with van der Waals surface area (Å²) in [7, 11) is 1.38. The number of hydrogen-bond donors (Lipinski definition) is 0. The Labute approximate surface area is 168 Å². The van der Waals surface area contributed by atoms with Gasteiger partial charge in [-0.2, -0.15) is 0 Å². The first-order valence-corrected chi connectivity index (χ1v) is 9.60. The molecular formula is C25H20N2O2. The smallest absolute Gasteiger partial charge is 0.356 e. The Balaban J connectivity index is 1.75. The minimum Gasteiger partial charge on any atom is -0.464 e. The largest absolute Gasteiger partial charge is 0.464 e. The molecule has 0 aliphatic heterocycles. The second-order valence-electron chi connectivity index (χ2n) is 7.26. The molecule has 0 fully saturated rings. The normalized spacial score (nSPS) is 11.4. The standard InChI is InChI=1S/C25H20N2O2/c1-16-24-20-9-5-6-10-22(20)27(23(24)14-21(26-16)25(28)29-2)15-17-11-12-18-7-3-4-8-19(18)13-17/h3-14H,15H2,1-2H3. The maximum atomic E-state index is 12.1. The van der Waals surface area contributed by atoms with Gasteiger partial charge in [-0.1, -0.05) is 54.6 Å². The summed E-state index contributed by atoms with van der Waals surface area (Å²) < 4.78 is 7.17. The summed E-state index contributed by atoms with van der Waals surface area (Å²) in [4.78, 5) is 16.6. The number of pyridine rings is 1. The number of fused-ring (bicyclic) bond motifs is 4. The number of benzene rings is 3. The maximum absolute atomic E-state index is 12.1. The molecule has 0 unspecified atom stereocenters. The molecule has 0 spiro atoms. The van der Waals surface area contributed by atoms with Gasteiger partial charge in [-0.3, -0.25) is 0 Å². The second-order valence-corrected chi connectivity index (χ2v) is 7.26. The molecule has 0 amide bonds. The van der Waals surface area contributed by atoms with Crippen LogP contribution in [0.3, 0.4) is 0 Å². The van der Waals surface area contributed by atoms with Gasteiger partial charge in [0.25, 0.3) is 0 Å². The highest BCUT2D eigenvalue weighted by atomic mass is 16.5. The number of para-hydroxylation sites is 1. The van der Waals surface area contributed by atoms with E-state index in [0.717, 1.165) is 27.5 Å². The van der Waals surface area contributed by atoms with E-state index in [1.54, 1.807) is 0 Å². The number of esters is 1. The third-order valence-corrected chi connectivity index (χ3v) is 5.48. The van der Waals surface area contributed by atoms with Crippen molar-refractivity contribution in [1.82, 2.24) is 9.55 Å². The van der Waals surface area contributed by atoms with Gasteiger partial charge in [-0.05, 0) is 41.5 Å². The van der Waals surface area contributed by atoms with Crippen molar-refractivity contribution in [3.8, 4) is 0 Å². The van der Waals surface area contributed by atoms with Crippen molar-refractivity contribution in [3.05, 3.63) is 89.7 Å². The van der Waals surface area contributed by atoms with Crippen molar-refractivity contribution < 1.29 is 9.53 Å². The van der Waals surface area contributed by atoms with Gasteiger partial charge in [-0.15, -0.1) is 0 Å². The van der Waals surface area contributed by atoms with E-state index in [-0.39, 0.29) is 0 Å². The zero-order valence-corrected chi connectivity index (χ0v) is 16.3. The van der Waals surface area contributed by atoms with E-state index in [9.17, 15) is 4.79 Å².